The highest BCUT2D eigenvalue weighted by atomic mass is 35.5. The maximum Gasteiger partial charge on any atom is 0.221 e. The van der Waals surface area contributed by atoms with E-state index in [1.165, 1.54) is 6.92 Å². The van der Waals surface area contributed by atoms with E-state index >= 15 is 0 Å². The summed E-state index contributed by atoms with van der Waals surface area (Å²) in [7, 11) is 0. The van der Waals surface area contributed by atoms with Crippen LogP contribution < -0.4 is 5.32 Å². The summed E-state index contributed by atoms with van der Waals surface area (Å²) in [6.07, 6.45) is 0. The summed E-state index contributed by atoms with van der Waals surface area (Å²) in [5, 5.41) is 2.84. The van der Waals surface area contributed by atoms with E-state index in [9.17, 15) is 14.4 Å². The molecule has 0 bridgehead atoms. The van der Waals surface area contributed by atoms with Gasteiger partial charge in [-0.2, -0.15) is 0 Å². The molecule has 1 amide bonds. The minimum absolute atomic E-state index is 0.215. The molecular weight excluding hydrogens is 290 g/mol. The molecule has 0 aromatic heterocycles. The van der Waals surface area contributed by atoms with Crippen LogP contribution in [0.15, 0.2) is 36.4 Å². The highest BCUT2D eigenvalue weighted by molar-refractivity contribution is 6.39. The Kier molecular flexibility index (Phi) is 3.11. The zero-order valence-corrected chi connectivity index (χ0v) is 11.8. The molecule has 0 fully saturated rings. The highest BCUT2D eigenvalue weighted by Crippen LogP contribution is 2.34. The number of carbonyl (C=O) groups is 3. The Balaban J connectivity index is 2.28. The lowest BCUT2D eigenvalue weighted by molar-refractivity contribution is -0.114. The highest BCUT2D eigenvalue weighted by Gasteiger charge is 2.33. The van der Waals surface area contributed by atoms with Crippen LogP contribution >= 0.6 is 11.6 Å². The van der Waals surface area contributed by atoms with Crippen LogP contribution in [0.1, 0.15) is 38.8 Å². The van der Waals surface area contributed by atoms with E-state index in [1.807, 2.05) is 0 Å². The van der Waals surface area contributed by atoms with Gasteiger partial charge in [-0.1, -0.05) is 35.9 Å². The Morgan fingerprint density at radius 1 is 0.952 bits per heavy atom. The number of amides is 1. The minimum Gasteiger partial charge on any atom is -0.326 e. The molecule has 1 N–H and O–H groups in total. The number of benzene rings is 2. The van der Waals surface area contributed by atoms with E-state index in [1.54, 1.807) is 36.4 Å². The van der Waals surface area contributed by atoms with Gasteiger partial charge in [-0.15, -0.1) is 0 Å². The predicted octanol–water partition coefficient (Wildman–Crippen LogP) is 3.07. The molecular formula is C16H10ClNO3. The van der Waals surface area contributed by atoms with Crippen molar-refractivity contribution in [1.29, 1.82) is 0 Å². The fourth-order valence-corrected chi connectivity index (χ4v) is 2.75. The number of nitrogens with one attached hydrogen (secondary N) is 1. The first kappa shape index (κ1) is 13.5. The van der Waals surface area contributed by atoms with Crippen molar-refractivity contribution >= 4 is 34.8 Å². The molecule has 0 atom stereocenters. The average molecular weight is 300 g/mol. The Labute approximate surface area is 125 Å². The first-order chi connectivity index (χ1) is 10.0. The third-order valence-electron chi connectivity index (χ3n) is 3.33. The molecule has 4 nitrogen and oxygen atoms in total. The lowest BCUT2D eigenvalue weighted by atomic mass is 9.83. The summed E-state index contributed by atoms with van der Waals surface area (Å²) >= 11 is 6.05. The minimum atomic E-state index is -0.313. The second-order valence-electron chi connectivity index (χ2n) is 4.73. The average Bonchev–Trinajstić information content (AvgIpc) is 2.44. The SMILES string of the molecule is CC(=O)Nc1cccc2c1C(=O)c1cccc(Cl)c1C2=O. The number of carbonyl (C=O) groups excluding carboxylic acids is 3. The molecule has 5 heteroatoms. The number of hydrogen-bond acceptors (Lipinski definition) is 3. The van der Waals surface area contributed by atoms with Gasteiger partial charge in [0.15, 0.2) is 11.6 Å². The summed E-state index contributed by atoms with van der Waals surface area (Å²) in [5.41, 5.74) is 1.29. The van der Waals surface area contributed by atoms with Crippen molar-refractivity contribution in [1.82, 2.24) is 0 Å². The van der Waals surface area contributed by atoms with E-state index < -0.39 is 0 Å². The number of hydrogen-bond donors (Lipinski definition) is 1. The van der Waals surface area contributed by atoms with Gasteiger partial charge in [-0.05, 0) is 12.1 Å². The fourth-order valence-electron chi connectivity index (χ4n) is 2.49. The molecule has 3 rings (SSSR count). The van der Waals surface area contributed by atoms with Crippen LogP contribution in [0.5, 0.6) is 0 Å². The summed E-state index contributed by atoms with van der Waals surface area (Å²) in [5.74, 6) is -0.926. The third-order valence-corrected chi connectivity index (χ3v) is 3.65. The van der Waals surface area contributed by atoms with Crippen LogP contribution in [-0.4, -0.2) is 17.5 Å². The number of anilines is 1. The maximum absolute atomic E-state index is 12.6. The molecule has 2 aromatic carbocycles. The van der Waals surface area contributed by atoms with Crippen molar-refractivity contribution < 1.29 is 14.4 Å². The van der Waals surface area contributed by atoms with Gasteiger partial charge < -0.3 is 5.32 Å². The summed E-state index contributed by atoms with van der Waals surface area (Å²) in [4.78, 5) is 36.5. The van der Waals surface area contributed by atoms with Crippen LogP contribution in [0.4, 0.5) is 5.69 Å². The van der Waals surface area contributed by atoms with Crippen molar-refractivity contribution in [3.05, 3.63) is 63.7 Å². The van der Waals surface area contributed by atoms with Crippen LogP contribution in [0.3, 0.4) is 0 Å². The van der Waals surface area contributed by atoms with Crippen molar-refractivity contribution in [2.24, 2.45) is 0 Å². The molecule has 104 valence electrons. The number of halogens is 1. The summed E-state index contributed by atoms with van der Waals surface area (Å²) in [6.45, 7) is 1.35. The van der Waals surface area contributed by atoms with E-state index in [4.69, 9.17) is 11.6 Å². The molecule has 0 unspecified atom stereocenters. The number of rotatable bonds is 1. The Bertz CT molecular complexity index is 811. The molecule has 0 radical (unpaired) electrons. The molecule has 0 saturated carbocycles. The molecule has 0 saturated heterocycles. The first-order valence-corrected chi connectivity index (χ1v) is 6.67. The number of ketones is 2. The zero-order chi connectivity index (χ0) is 15.1. The molecule has 1 aliphatic rings. The largest absolute Gasteiger partial charge is 0.326 e. The predicted molar refractivity (Wildman–Crippen MR) is 79.1 cm³/mol. The van der Waals surface area contributed by atoms with Crippen LogP contribution in [0, 0.1) is 0 Å². The fraction of sp³-hybridized carbons (Fsp3) is 0.0625. The second-order valence-corrected chi connectivity index (χ2v) is 5.14. The van der Waals surface area contributed by atoms with E-state index in [-0.39, 0.29) is 44.8 Å². The lowest BCUT2D eigenvalue weighted by Crippen LogP contribution is -2.23. The second kappa shape index (κ2) is 4.82. The first-order valence-electron chi connectivity index (χ1n) is 6.29. The van der Waals surface area contributed by atoms with Crippen LogP contribution in [0.2, 0.25) is 5.02 Å². The Morgan fingerprint density at radius 2 is 1.52 bits per heavy atom. The van der Waals surface area contributed by atoms with Crippen molar-refractivity contribution in [2.75, 3.05) is 5.32 Å². The van der Waals surface area contributed by atoms with E-state index in [2.05, 4.69) is 5.32 Å². The zero-order valence-electron chi connectivity index (χ0n) is 11.1. The van der Waals surface area contributed by atoms with Crippen molar-refractivity contribution in [3.8, 4) is 0 Å². The molecule has 0 spiro atoms. The third kappa shape index (κ3) is 2.04. The summed E-state index contributed by atoms with van der Waals surface area (Å²) < 4.78 is 0. The van der Waals surface area contributed by atoms with Gasteiger partial charge in [0.25, 0.3) is 0 Å². The molecule has 0 aliphatic heterocycles. The number of fused-ring (bicyclic) bond motifs is 2. The molecule has 2 aromatic rings. The topological polar surface area (TPSA) is 63.2 Å². The smallest absolute Gasteiger partial charge is 0.221 e. The van der Waals surface area contributed by atoms with Crippen molar-refractivity contribution in [3.63, 3.8) is 0 Å². The standard InChI is InChI=1S/C16H10ClNO3/c1-8(19)18-12-7-3-5-10-14(12)16(21)9-4-2-6-11(17)13(9)15(10)20/h2-7H,1H3,(H,18,19). The molecule has 1 aliphatic carbocycles. The quantitative estimate of drug-likeness (QED) is 0.751. The molecule has 0 heterocycles. The van der Waals surface area contributed by atoms with Crippen molar-refractivity contribution in [2.45, 2.75) is 6.92 Å². The van der Waals surface area contributed by atoms with Gasteiger partial charge in [0, 0.05) is 18.1 Å². The van der Waals surface area contributed by atoms with E-state index in [0.717, 1.165) is 0 Å². The van der Waals surface area contributed by atoms with Crippen LogP contribution in [0.25, 0.3) is 0 Å². The van der Waals surface area contributed by atoms with Gasteiger partial charge in [-0.25, -0.2) is 0 Å². The van der Waals surface area contributed by atoms with Gasteiger partial charge in [-0.3, -0.25) is 14.4 Å². The Hall–Kier alpha value is -2.46. The van der Waals surface area contributed by atoms with Gasteiger partial charge in [0.2, 0.25) is 5.91 Å². The maximum atomic E-state index is 12.6. The van der Waals surface area contributed by atoms with Gasteiger partial charge in [0.05, 0.1) is 21.8 Å². The monoisotopic (exact) mass is 299 g/mol. The normalized spacial score (nSPS) is 12.7. The van der Waals surface area contributed by atoms with Crippen LogP contribution in [-0.2, 0) is 4.79 Å². The lowest BCUT2D eigenvalue weighted by Gasteiger charge is -2.20. The van der Waals surface area contributed by atoms with E-state index in [0.29, 0.717) is 5.69 Å². The van der Waals surface area contributed by atoms with Gasteiger partial charge in [0.1, 0.15) is 0 Å². The Morgan fingerprint density at radius 3 is 2.19 bits per heavy atom. The summed E-state index contributed by atoms with van der Waals surface area (Å²) in [6, 6.07) is 9.55. The molecule has 21 heavy (non-hydrogen) atoms. The van der Waals surface area contributed by atoms with Gasteiger partial charge >= 0.3 is 0 Å².